The van der Waals surface area contributed by atoms with Crippen LogP contribution < -0.4 is 76.9 Å². The second-order valence-electron chi connectivity index (χ2n) is 19.1. The van der Waals surface area contributed by atoms with E-state index in [1.54, 1.807) is 27.7 Å². The second kappa shape index (κ2) is 35.9. The number of amides is 10. The smallest absolute Gasteiger partial charge is 0.326 e. The van der Waals surface area contributed by atoms with Crippen LogP contribution in [0.4, 0.5) is 0 Å². The van der Waals surface area contributed by atoms with Gasteiger partial charge in [0.25, 0.3) is 0 Å². The van der Waals surface area contributed by atoms with Gasteiger partial charge in [0.1, 0.15) is 48.3 Å². The van der Waals surface area contributed by atoms with Crippen LogP contribution in [0.5, 0.6) is 0 Å². The molecule has 0 aliphatic carbocycles. The Morgan fingerprint density at radius 2 is 0.947 bits per heavy atom. The number of guanidine groups is 1. The lowest BCUT2D eigenvalue weighted by Crippen LogP contribution is -2.62. The molecule has 0 saturated carbocycles. The monoisotopic (exact) mass is 1090 g/mol. The van der Waals surface area contributed by atoms with Crippen LogP contribution in [0, 0.1) is 17.8 Å². The molecule has 0 heterocycles. The minimum absolute atomic E-state index is 0.0239. The number of nitrogens with two attached hydrogens (primary N) is 6. The molecule has 0 aromatic carbocycles. The largest absolute Gasteiger partial charge is 0.481 e. The molecular formula is C46H83N15O15. The van der Waals surface area contributed by atoms with Crippen LogP contribution in [-0.2, 0) is 57.5 Å². The quantitative estimate of drug-likeness (QED) is 0.0155. The SMILES string of the molecule is CC[C@H](C)[C@H](NC(=O)[C@H](CCC(N)=O)NC(=O)[C@@H](N)CCCN=C(N)N)C(=O)N[C@@H](CO)C(=O)N[C@@H](CCC(N)=O)C(=O)N[C@@H](CC(=O)O)C(=O)N[C@H](C(=O)N[C@@H](CCCCN)C(=O)N[C@@H](CC(C)C)C(=O)O)C(C)C. The van der Waals surface area contributed by atoms with Crippen LogP contribution in [0.2, 0.25) is 0 Å². The molecule has 0 aliphatic heterocycles. The Hall–Kier alpha value is -7.21. The summed E-state index contributed by atoms with van der Waals surface area (Å²) in [6.07, 6.45) is -1.38. The second-order valence-corrected chi connectivity index (χ2v) is 19.1. The molecule has 0 spiro atoms. The van der Waals surface area contributed by atoms with Crippen molar-refractivity contribution in [3.05, 3.63) is 0 Å². The molecule has 432 valence electrons. The van der Waals surface area contributed by atoms with E-state index in [0.29, 0.717) is 19.3 Å². The van der Waals surface area contributed by atoms with Crippen molar-refractivity contribution in [2.75, 3.05) is 19.7 Å². The summed E-state index contributed by atoms with van der Waals surface area (Å²) in [6.45, 7) is 9.04. The van der Waals surface area contributed by atoms with Crippen LogP contribution in [0.15, 0.2) is 4.99 Å². The van der Waals surface area contributed by atoms with Crippen LogP contribution in [-0.4, -0.2) is 166 Å². The fraction of sp³-hybridized carbons (Fsp3) is 0.717. The van der Waals surface area contributed by atoms with Gasteiger partial charge in [-0.3, -0.25) is 57.7 Å². The normalized spacial score (nSPS) is 15.0. The lowest BCUT2D eigenvalue weighted by Gasteiger charge is -2.29. The molecular weight excluding hydrogens is 1000 g/mol. The van der Waals surface area contributed by atoms with Gasteiger partial charge in [-0.2, -0.15) is 0 Å². The van der Waals surface area contributed by atoms with Crippen molar-refractivity contribution in [2.45, 2.75) is 173 Å². The molecule has 23 N–H and O–H groups in total. The zero-order valence-corrected chi connectivity index (χ0v) is 44.2. The van der Waals surface area contributed by atoms with Gasteiger partial charge in [0.05, 0.1) is 19.1 Å². The summed E-state index contributed by atoms with van der Waals surface area (Å²) in [6, 6.07) is -13.7. The molecule has 30 nitrogen and oxygen atoms in total. The molecule has 0 rings (SSSR count). The number of carbonyl (C=O) groups is 12. The van der Waals surface area contributed by atoms with E-state index in [9.17, 15) is 72.9 Å². The first kappa shape index (κ1) is 68.8. The van der Waals surface area contributed by atoms with Gasteiger partial charge >= 0.3 is 11.9 Å². The number of carboxylic acid groups (broad SMARTS) is 2. The zero-order chi connectivity index (χ0) is 58.4. The van der Waals surface area contributed by atoms with E-state index in [2.05, 4.69) is 47.5 Å². The number of hydrogen-bond donors (Lipinski definition) is 17. The highest BCUT2D eigenvalue weighted by Gasteiger charge is 2.37. The summed E-state index contributed by atoms with van der Waals surface area (Å²) in [4.78, 5) is 160. The number of aliphatic imine (C=N–C) groups is 1. The van der Waals surface area contributed by atoms with E-state index in [1.807, 2.05) is 0 Å². The Labute approximate surface area is 441 Å². The minimum atomic E-state index is -1.96. The fourth-order valence-corrected chi connectivity index (χ4v) is 7.16. The number of aliphatic hydroxyl groups is 1. The van der Waals surface area contributed by atoms with E-state index in [0.717, 1.165) is 0 Å². The van der Waals surface area contributed by atoms with Crippen molar-refractivity contribution in [3.8, 4) is 0 Å². The maximum absolute atomic E-state index is 13.8. The highest BCUT2D eigenvalue weighted by atomic mass is 16.4. The Morgan fingerprint density at radius 1 is 0.513 bits per heavy atom. The molecule has 0 aromatic heterocycles. The summed E-state index contributed by atoms with van der Waals surface area (Å²) in [5, 5.41) is 48.7. The molecule has 0 fully saturated rings. The molecule has 0 aliphatic rings. The predicted molar refractivity (Wildman–Crippen MR) is 274 cm³/mol. The first-order valence-corrected chi connectivity index (χ1v) is 25.1. The maximum atomic E-state index is 13.8. The fourth-order valence-electron chi connectivity index (χ4n) is 7.16. The van der Waals surface area contributed by atoms with Gasteiger partial charge in [0, 0.05) is 19.4 Å². The number of carbonyl (C=O) groups excluding carboxylic acids is 10. The minimum Gasteiger partial charge on any atom is -0.481 e. The van der Waals surface area contributed by atoms with Crippen LogP contribution in [0.1, 0.15) is 119 Å². The number of carboxylic acids is 2. The van der Waals surface area contributed by atoms with Gasteiger partial charge in [0.15, 0.2) is 5.96 Å². The topological polar surface area (TPSA) is 530 Å². The van der Waals surface area contributed by atoms with E-state index >= 15 is 0 Å². The van der Waals surface area contributed by atoms with Crippen molar-refractivity contribution in [2.24, 2.45) is 57.1 Å². The van der Waals surface area contributed by atoms with E-state index in [1.165, 1.54) is 13.8 Å². The summed E-state index contributed by atoms with van der Waals surface area (Å²) in [5.41, 5.74) is 32.9. The Bertz CT molecular complexity index is 2020. The highest BCUT2D eigenvalue weighted by Crippen LogP contribution is 2.13. The van der Waals surface area contributed by atoms with Crippen molar-refractivity contribution in [1.82, 2.24) is 42.5 Å². The zero-order valence-electron chi connectivity index (χ0n) is 44.2. The number of nitrogens with one attached hydrogen (secondary N) is 8. The number of aliphatic hydroxyl groups excluding tert-OH is 1. The standard InChI is InChI=1S/C46H83N15O15/c1-7-24(6)36(61-40(70)28(14-16-33(50)64)54-37(67)25(48)11-10-18-53-46(51)52)44(74)59-31(21-62)42(72)55-27(13-15-32(49)63)39(69)57-29(20-34(65)66)41(71)60-35(23(4)5)43(73)56-26(12-8-9-17-47)38(68)58-30(45(75)76)19-22(2)3/h22-31,35-36,62H,7-21,47-48H2,1-6H3,(H2,49,63)(H2,50,64)(H,54,67)(H,55,72)(H,56,73)(H,57,69)(H,58,68)(H,59,74)(H,60,71)(H,61,70)(H,65,66)(H,75,76)(H4,51,52,53)/t24-,25-,26-,27-,28-,29-,30-,31-,35-,36-/m0/s1. The first-order valence-electron chi connectivity index (χ1n) is 25.1. The first-order chi connectivity index (χ1) is 35.5. The molecule has 76 heavy (non-hydrogen) atoms. The maximum Gasteiger partial charge on any atom is 0.326 e. The van der Waals surface area contributed by atoms with Crippen molar-refractivity contribution in [3.63, 3.8) is 0 Å². The number of nitrogens with zero attached hydrogens (tertiary/aromatic N) is 1. The highest BCUT2D eigenvalue weighted by molar-refractivity contribution is 5.99. The van der Waals surface area contributed by atoms with Crippen molar-refractivity contribution < 1.29 is 72.9 Å². The van der Waals surface area contributed by atoms with Gasteiger partial charge in [0.2, 0.25) is 59.1 Å². The average molecular weight is 1090 g/mol. The van der Waals surface area contributed by atoms with E-state index < -0.39 is 163 Å². The molecule has 10 amide bonds. The Morgan fingerprint density at radius 3 is 1.41 bits per heavy atom. The molecule has 10 atom stereocenters. The molecule has 0 unspecified atom stereocenters. The average Bonchev–Trinajstić information content (AvgIpc) is 3.33. The van der Waals surface area contributed by atoms with Gasteiger partial charge in [-0.25, -0.2) is 4.79 Å². The number of unbranched alkanes of at least 4 members (excludes halogenated alkanes) is 1. The van der Waals surface area contributed by atoms with Crippen molar-refractivity contribution >= 4 is 77.0 Å². The lowest BCUT2D eigenvalue weighted by molar-refractivity contribution is -0.143. The number of aliphatic carboxylic acids is 2. The summed E-state index contributed by atoms with van der Waals surface area (Å²) >= 11 is 0. The third-order valence-corrected chi connectivity index (χ3v) is 11.7. The molecule has 30 heteroatoms. The summed E-state index contributed by atoms with van der Waals surface area (Å²) in [5.74, 6) is -14.6. The van der Waals surface area contributed by atoms with Gasteiger partial charge in [-0.05, 0) is 75.7 Å². The summed E-state index contributed by atoms with van der Waals surface area (Å²) < 4.78 is 0. The van der Waals surface area contributed by atoms with E-state index in [4.69, 9.17) is 34.4 Å². The third-order valence-electron chi connectivity index (χ3n) is 11.7. The van der Waals surface area contributed by atoms with Crippen LogP contribution >= 0.6 is 0 Å². The predicted octanol–water partition coefficient (Wildman–Crippen LogP) is -5.79. The van der Waals surface area contributed by atoms with Crippen LogP contribution in [0.3, 0.4) is 0 Å². The molecule has 0 saturated heterocycles. The number of hydrogen-bond acceptors (Lipinski definition) is 16. The van der Waals surface area contributed by atoms with Gasteiger partial charge < -0.3 is 92.3 Å². The van der Waals surface area contributed by atoms with Gasteiger partial charge in [-0.15, -0.1) is 0 Å². The number of primary amides is 2. The van der Waals surface area contributed by atoms with Crippen LogP contribution in [0.25, 0.3) is 0 Å². The molecule has 0 aromatic rings. The lowest BCUT2D eigenvalue weighted by atomic mass is 9.97. The molecule has 0 radical (unpaired) electrons. The van der Waals surface area contributed by atoms with E-state index in [-0.39, 0.29) is 63.5 Å². The number of rotatable bonds is 39. The molecule has 0 bridgehead atoms. The van der Waals surface area contributed by atoms with Crippen molar-refractivity contribution in [1.29, 1.82) is 0 Å². The Balaban J connectivity index is 6.55. The third kappa shape index (κ3) is 27.4. The summed E-state index contributed by atoms with van der Waals surface area (Å²) in [7, 11) is 0. The Kier molecular flexibility index (Phi) is 32.5. The van der Waals surface area contributed by atoms with Gasteiger partial charge in [-0.1, -0.05) is 48.0 Å².